The molecule has 2 aromatic rings. The number of nitrogens with zero attached hydrogens (tertiary/aromatic N) is 1. The van der Waals surface area contributed by atoms with Gasteiger partial charge >= 0.3 is 0 Å². The summed E-state index contributed by atoms with van der Waals surface area (Å²) in [5, 5.41) is 2.63. The monoisotopic (exact) mass is 390 g/mol. The van der Waals surface area contributed by atoms with Gasteiger partial charge in [-0.25, -0.2) is 8.42 Å². The minimum absolute atomic E-state index is 0.172. The Kier molecular flexibility index (Phi) is 7.09. The molecule has 144 valence electrons. The summed E-state index contributed by atoms with van der Waals surface area (Å²) in [5.41, 5.74) is 0.918. The summed E-state index contributed by atoms with van der Waals surface area (Å²) in [5.74, 6) is 0.0151. The molecule has 0 bridgehead atoms. The van der Waals surface area contributed by atoms with Gasteiger partial charge in [0.2, 0.25) is 10.0 Å². The maximum absolute atomic E-state index is 12.4. The third kappa shape index (κ3) is 5.38. The predicted molar refractivity (Wildman–Crippen MR) is 103 cm³/mol. The van der Waals surface area contributed by atoms with Crippen LogP contribution in [0.25, 0.3) is 0 Å². The summed E-state index contributed by atoms with van der Waals surface area (Å²) < 4.78 is 31.6. The molecule has 0 fully saturated rings. The molecular formula is C19H22N2O5S. The summed E-state index contributed by atoms with van der Waals surface area (Å²) in [6.07, 6.45) is 0.695. The molecule has 0 heterocycles. The average Bonchev–Trinajstić information content (AvgIpc) is 2.67. The first-order chi connectivity index (χ1) is 12.9. The zero-order valence-corrected chi connectivity index (χ0v) is 16.0. The number of hydrogen-bond donors (Lipinski definition) is 1. The smallest absolute Gasteiger partial charge is 0.262 e. The largest absolute Gasteiger partial charge is 0.484 e. The van der Waals surface area contributed by atoms with Crippen LogP contribution in [0.4, 0.5) is 5.69 Å². The van der Waals surface area contributed by atoms with E-state index in [1.54, 1.807) is 32.0 Å². The zero-order chi connectivity index (χ0) is 19.9. The third-order valence-corrected chi connectivity index (χ3v) is 5.91. The van der Waals surface area contributed by atoms with Gasteiger partial charge in [0.05, 0.1) is 4.90 Å². The lowest BCUT2D eigenvalue weighted by molar-refractivity contribution is -0.118. The van der Waals surface area contributed by atoms with Gasteiger partial charge in [-0.1, -0.05) is 26.0 Å². The molecule has 0 saturated heterocycles. The van der Waals surface area contributed by atoms with Crippen molar-refractivity contribution in [2.24, 2.45) is 0 Å². The molecule has 0 aliphatic rings. The molecule has 0 radical (unpaired) electrons. The van der Waals surface area contributed by atoms with Crippen molar-refractivity contribution in [2.45, 2.75) is 18.7 Å². The van der Waals surface area contributed by atoms with Gasteiger partial charge in [-0.15, -0.1) is 0 Å². The van der Waals surface area contributed by atoms with Crippen LogP contribution in [-0.4, -0.2) is 44.6 Å². The van der Waals surface area contributed by atoms with E-state index in [0.717, 1.165) is 0 Å². The minimum Gasteiger partial charge on any atom is -0.484 e. The molecule has 0 aliphatic heterocycles. The Hall–Kier alpha value is -2.71. The van der Waals surface area contributed by atoms with Crippen molar-refractivity contribution in [1.29, 1.82) is 0 Å². The Bertz CT molecular complexity index is 891. The van der Waals surface area contributed by atoms with E-state index >= 15 is 0 Å². The summed E-state index contributed by atoms with van der Waals surface area (Å²) in [6, 6.07) is 12.4. The molecule has 0 saturated carbocycles. The lowest BCUT2D eigenvalue weighted by Gasteiger charge is -2.18. The van der Waals surface area contributed by atoms with E-state index in [1.165, 1.54) is 34.6 Å². The molecule has 7 nitrogen and oxygen atoms in total. The quantitative estimate of drug-likeness (QED) is 0.664. The minimum atomic E-state index is -3.53. The first-order valence-electron chi connectivity index (χ1n) is 8.48. The van der Waals surface area contributed by atoms with Crippen molar-refractivity contribution in [3.63, 3.8) is 0 Å². The fraction of sp³-hybridized carbons (Fsp3) is 0.263. The van der Waals surface area contributed by atoms with Crippen LogP contribution in [0.3, 0.4) is 0 Å². The second-order valence-electron chi connectivity index (χ2n) is 5.64. The summed E-state index contributed by atoms with van der Waals surface area (Å²) in [4.78, 5) is 22.9. The average molecular weight is 390 g/mol. The van der Waals surface area contributed by atoms with E-state index < -0.39 is 15.9 Å². The van der Waals surface area contributed by atoms with Gasteiger partial charge in [0.25, 0.3) is 5.91 Å². The molecule has 0 aliphatic carbocycles. The number of rotatable bonds is 9. The topological polar surface area (TPSA) is 92.8 Å². The van der Waals surface area contributed by atoms with Gasteiger partial charge in [-0.05, 0) is 36.4 Å². The van der Waals surface area contributed by atoms with E-state index in [1.807, 2.05) is 0 Å². The Balaban J connectivity index is 1.97. The third-order valence-electron chi connectivity index (χ3n) is 3.85. The van der Waals surface area contributed by atoms with Crippen molar-refractivity contribution >= 4 is 27.9 Å². The van der Waals surface area contributed by atoms with Crippen LogP contribution in [-0.2, 0) is 14.8 Å². The fourth-order valence-corrected chi connectivity index (χ4v) is 3.90. The van der Waals surface area contributed by atoms with E-state index in [2.05, 4.69) is 5.32 Å². The number of carbonyl (C=O) groups excluding carboxylic acids is 2. The number of ether oxygens (including phenoxy) is 1. The van der Waals surface area contributed by atoms with Crippen molar-refractivity contribution in [1.82, 2.24) is 4.31 Å². The number of carbonyl (C=O) groups is 2. The Morgan fingerprint density at radius 1 is 1.11 bits per heavy atom. The zero-order valence-electron chi connectivity index (χ0n) is 15.2. The molecular weight excluding hydrogens is 368 g/mol. The van der Waals surface area contributed by atoms with Crippen LogP contribution >= 0.6 is 0 Å². The van der Waals surface area contributed by atoms with Crippen molar-refractivity contribution in [2.75, 3.05) is 25.0 Å². The van der Waals surface area contributed by atoms with Crippen molar-refractivity contribution in [3.05, 3.63) is 54.1 Å². The maximum Gasteiger partial charge on any atom is 0.262 e. The number of nitrogens with one attached hydrogen (secondary N) is 1. The van der Waals surface area contributed by atoms with E-state index in [9.17, 15) is 18.0 Å². The van der Waals surface area contributed by atoms with Gasteiger partial charge in [0.15, 0.2) is 6.61 Å². The molecule has 2 aromatic carbocycles. The van der Waals surface area contributed by atoms with Gasteiger partial charge in [0.1, 0.15) is 12.0 Å². The number of benzene rings is 2. The Morgan fingerprint density at radius 3 is 2.37 bits per heavy atom. The van der Waals surface area contributed by atoms with Crippen molar-refractivity contribution in [3.8, 4) is 5.75 Å². The Morgan fingerprint density at radius 2 is 1.78 bits per heavy atom. The molecule has 0 atom stereocenters. The highest BCUT2D eigenvalue weighted by atomic mass is 32.2. The Labute approximate surface area is 159 Å². The second kappa shape index (κ2) is 9.29. The lowest BCUT2D eigenvalue weighted by atomic mass is 10.2. The van der Waals surface area contributed by atoms with Crippen LogP contribution in [0.5, 0.6) is 5.75 Å². The highest BCUT2D eigenvalue weighted by molar-refractivity contribution is 7.89. The first kappa shape index (κ1) is 20.6. The molecule has 2 rings (SSSR count). The van der Waals surface area contributed by atoms with Gasteiger partial charge in [-0.3, -0.25) is 9.59 Å². The molecule has 1 N–H and O–H groups in total. The van der Waals surface area contributed by atoms with Crippen LogP contribution in [0.15, 0.2) is 53.4 Å². The lowest BCUT2D eigenvalue weighted by Crippen LogP contribution is -2.30. The SMILES string of the molecule is CCN(CC)S(=O)(=O)c1ccc(NC(=O)COc2cccc(C=O)c2)cc1. The summed E-state index contributed by atoms with van der Waals surface area (Å²) in [7, 11) is -3.53. The molecule has 27 heavy (non-hydrogen) atoms. The fourth-order valence-electron chi connectivity index (χ4n) is 2.45. The predicted octanol–water partition coefficient (Wildman–Crippen LogP) is 2.55. The molecule has 0 unspecified atom stereocenters. The van der Waals surface area contributed by atoms with Crippen LogP contribution in [0.1, 0.15) is 24.2 Å². The standard InChI is InChI=1S/C19H22N2O5S/c1-3-21(4-2)27(24,25)18-10-8-16(9-11-18)20-19(23)14-26-17-7-5-6-15(12-17)13-22/h5-13H,3-4,14H2,1-2H3,(H,20,23). The van der Waals surface area contributed by atoms with E-state index in [4.69, 9.17) is 4.74 Å². The van der Waals surface area contributed by atoms with E-state index in [-0.39, 0.29) is 11.5 Å². The van der Waals surface area contributed by atoms with Gasteiger partial charge in [0, 0.05) is 24.3 Å². The van der Waals surface area contributed by atoms with Crippen molar-refractivity contribution < 1.29 is 22.7 Å². The van der Waals surface area contributed by atoms with Gasteiger partial charge < -0.3 is 10.1 Å². The molecule has 0 spiro atoms. The molecule has 8 heteroatoms. The molecule has 1 amide bonds. The number of aldehydes is 1. The number of anilines is 1. The van der Waals surface area contributed by atoms with Gasteiger partial charge in [-0.2, -0.15) is 4.31 Å². The first-order valence-corrected chi connectivity index (χ1v) is 9.92. The molecule has 0 aromatic heterocycles. The van der Waals surface area contributed by atoms with Crippen LogP contribution < -0.4 is 10.1 Å². The summed E-state index contributed by atoms with van der Waals surface area (Å²) >= 11 is 0. The number of amides is 1. The normalized spacial score (nSPS) is 11.2. The summed E-state index contributed by atoms with van der Waals surface area (Å²) in [6.45, 7) is 4.10. The number of hydrogen-bond acceptors (Lipinski definition) is 5. The number of sulfonamides is 1. The van der Waals surface area contributed by atoms with E-state index in [0.29, 0.717) is 36.4 Å². The second-order valence-corrected chi connectivity index (χ2v) is 7.58. The van der Waals surface area contributed by atoms with Crippen LogP contribution in [0.2, 0.25) is 0 Å². The highest BCUT2D eigenvalue weighted by Crippen LogP contribution is 2.18. The maximum atomic E-state index is 12.4. The van der Waals surface area contributed by atoms with Crippen LogP contribution in [0, 0.1) is 0 Å². The highest BCUT2D eigenvalue weighted by Gasteiger charge is 2.21.